The number of rotatable bonds is 12. The Kier molecular flexibility index (Phi) is 8.60. The highest BCUT2D eigenvalue weighted by Crippen LogP contribution is 2.33. The van der Waals surface area contributed by atoms with Gasteiger partial charge in [-0.1, -0.05) is 42.5 Å². The van der Waals surface area contributed by atoms with E-state index in [9.17, 15) is 9.36 Å². The summed E-state index contributed by atoms with van der Waals surface area (Å²) in [4.78, 5) is 24.8. The molecule has 2 heterocycles. The number of aromatic nitrogens is 4. The first-order valence-electron chi connectivity index (χ1n) is 11.6. The van der Waals surface area contributed by atoms with Crippen LogP contribution in [0.1, 0.15) is 19.4 Å². The van der Waals surface area contributed by atoms with E-state index in [4.69, 9.17) is 19.7 Å². The fourth-order valence-electron chi connectivity index (χ4n) is 3.50. The molecule has 0 aliphatic heterocycles. The zero-order valence-corrected chi connectivity index (χ0v) is 21.4. The standard InChI is InChI=1S/C25H28N6O5P/c1-17(12-31-15-29-22-23(26)27-14-28-24(22)31)35-16-37(33)36-21-11-7-6-10-20(21)30-18(2)25(32)34-13-19-8-4-3-5-9-19/h3-11,14-15,17-18,30H,12-13,16H2,1-2H3,(H2,26,27,28)/q+1/t17?,18-/m0/s1. The molecule has 37 heavy (non-hydrogen) atoms. The van der Waals surface area contributed by atoms with Crippen LogP contribution in [0.4, 0.5) is 11.5 Å². The maximum absolute atomic E-state index is 12.6. The average molecular weight is 524 g/mol. The summed E-state index contributed by atoms with van der Waals surface area (Å²) in [5.74, 6) is 0.231. The summed E-state index contributed by atoms with van der Waals surface area (Å²) >= 11 is 0. The van der Waals surface area contributed by atoms with Crippen molar-refractivity contribution in [3.8, 4) is 5.75 Å². The first kappa shape index (κ1) is 26.0. The van der Waals surface area contributed by atoms with Crippen LogP contribution in [-0.4, -0.2) is 44.0 Å². The van der Waals surface area contributed by atoms with Crippen LogP contribution in [0.3, 0.4) is 0 Å². The van der Waals surface area contributed by atoms with Crippen molar-refractivity contribution >= 4 is 36.7 Å². The third kappa shape index (κ3) is 6.99. The van der Waals surface area contributed by atoms with Crippen LogP contribution in [0.15, 0.2) is 67.3 Å². The van der Waals surface area contributed by atoms with Gasteiger partial charge in [-0.15, -0.1) is 0 Å². The van der Waals surface area contributed by atoms with E-state index in [0.29, 0.717) is 35.0 Å². The zero-order chi connectivity index (χ0) is 26.2. The van der Waals surface area contributed by atoms with Gasteiger partial charge in [0, 0.05) is 0 Å². The predicted molar refractivity (Wildman–Crippen MR) is 139 cm³/mol. The lowest BCUT2D eigenvalue weighted by Crippen LogP contribution is -2.28. The van der Waals surface area contributed by atoms with E-state index >= 15 is 0 Å². The second-order valence-corrected chi connectivity index (χ2v) is 9.42. The van der Waals surface area contributed by atoms with Crippen molar-refractivity contribution in [2.75, 3.05) is 17.4 Å². The molecule has 0 saturated heterocycles. The van der Waals surface area contributed by atoms with E-state index in [2.05, 4.69) is 20.3 Å². The second kappa shape index (κ2) is 12.2. The van der Waals surface area contributed by atoms with Gasteiger partial charge in [0.2, 0.25) is 5.75 Å². The zero-order valence-electron chi connectivity index (χ0n) is 20.5. The molecule has 11 nitrogen and oxygen atoms in total. The van der Waals surface area contributed by atoms with E-state index in [-0.39, 0.29) is 19.1 Å². The fourth-order valence-corrected chi connectivity index (χ4v) is 4.31. The number of carbonyl (C=O) groups excluding carboxylic acids is 1. The maximum Gasteiger partial charge on any atom is 0.585 e. The maximum atomic E-state index is 12.6. The fraction of sp³-hybridized carbons (Fsp3) is 0.280. The van der Waals surface area contributed by atoms with Crippen LogP contribution >= 0.6 is 8.03 Å². The van der Waals surface area contributed by atoms with Gasteiger partial charge in [0.1, 0.15) is 24.5 Å². The Hall–Kier alpha value is -4.08. The van der Waals surface area contributed by atoms with Gasteiger partial charge < -0.3 is 25.1 Å². The molecule has 4 aromatic rings. The number of ether oxygens (including phenoxy) is 2. The number of fused-ring (bicyclic) bond motifs is 1. The normalized spacial score (nSPS) is 13.1. The van der Waals surface area contributed by atoms with Crippen molar-refractivity contribution in [1.29, 1.82) is 0 Å². The van der Waals surface area contributed by atoms with Gasteiger partial charge in [0.05, 0.1) is 24.7 Å². The summed E-state index contributed by atoms with van der Waals surface area (Å²) in [6.45, 7) is 4.14. The molecule has 2 aromatic carbocycles. The first-order chi connectivity index (χ1) is 17.9. The number of esters is 1. The van der Waals surface area contributed by atoms with Crippen molar-refractivity contribution in [2.45, 2.75) is 39.1 Å². The van der Waals surface area contributed by atoms with E-state index in [1.54, 1.807) is 42.1 Å². The number of benzene rings is 2. The number of nitrogens with two attached hydrogens (primary N) is 1. The Bertz CT molecular complexity index is 1370. The summed E-state index contributed by atoms with van der Waals surface area (Å²) in [5.41, 5.74) is 8.36. The molecule has 4 rings (SSSR count). The van der Waals surface area contributed by atoms with E-state index in [0.717, 1.165) is 5.56 Å². The quantitative estimate of drug-likeness (QED) is 0.205. The highest BCUT2D eigenvalue weighted by Gasteiger charge is 2.25. The molecule has 192 valence electrons. The highest BCUT2D eigenvalue weighted by atomic mass is 31.1. The minimum atomic E-state index is -2.18. The van der Waals surface area contributed by atoms with Crippen molar-refractivity contribution in [2.24, 2.45) is 0 Å². The largest absolute Gasteiger partial charge is 0.585 e. The lowest BCUT2D eigenvalue weighted by atomic mass is 10.2. The van der Waals surface area contributed by atoms with Gasteiger partial charge in [0.15, 0.2) is 11.5 Å². The lowest BCUT2D eigenvalue weighted by Gasteiger charge is -2.15. The van der Waals surface area contributed by atoms with Crippen LogP contribution < -0.4 is 15.6 Å². The molecule has 0 bridgehead atoms. The summed E-state index contributed by atoms with van der Waals surface area (Å²) < 4.78 is 31.2. The summed E-state index contributed by atoms with van der Waals surface area (Å²) in [5, 5.41) is 3.07. The smallest absolute Gasteiger partial charge is 0.459 e. The van der Waals surface area contributed by atoms with E-state index < -0.39 is 20.0 Å². The molecule has 0 fully saturated rings. The molecule has 0 saturated carbocycles. The topological polar surface area (TPSA) is 143 Å². The van der Waals surface area contributed by atoms with Crippen LogP contribution in [0.2, 0.25) is 0 Å². The molecule has 2 unspecified atom stereocenters. The van der Waals surface area contributed by atoms with E-state index in [1.807, 2.05) is 37.3 Å². The molecular formula is C25H28N6O5P+. The van der Waals surface area contributed by atoms with Gasteiger partial charge in [-0.2, -0.15) is 0 Å². The number of nitrogen functional groups attached to an aromatic ring is 1. The van der Waals surface area contributed by atoms with E-state index in [1.165, 1.54) is 6.33 Å². The first-order valence-corrected chi connectivity index (χ1v) is 13.0. The van der Waals surface area contributed by atoms with Gasteiger partial charge in [-0.25, -0.2) is 19.7 Å². The molecule has 0 aliphatic carbocycles. The second-order valence-electron chi connectivity index (χ2n) is 8.31. The van der Waals surface area contributed by atoms with Crippen LogP contribution in [0, 0.1) is 0 Å². The number of hydrogen-bond donors (Lipinski definition) is 2. The number of nitrogens with one attached hydrogen (secondary N) is 1. The molecule has 0 amide bonds. The summed E-state index contributed by atoms with van der Waals surface area (Å²) in [6, 6.07) is 15.7. The molecule has 3 atom stereocenters. The minimum absolute atomic E-state index is 0.122. The Morgan fingerprint density at radius 3 is 2.65 bits per heavy atom. The van der Waals surface area contributed by atoms with Crippen molar-refractivity contribution < 1.29 is 23.4 Å². The average Bonchev–Trinajstić information content (AvgIpc) is 3.31. The number of hydrogen-bond acceptors (Lipinski definition) is 10. The number of anilines is 2. The van der Waals surface area contributed by atoms with Crippen LogP contribution in [0.5, 0.6) is 5.75 Å². The third-order valence-electron chi connectivity index (χ3n) is 5.38. The highest BCUT2D eigenvalue weighted by molar-refractivity contribution is 7.39. The Balaban J connectivity index is 1.27. The van der Waals surface area contributed by atoms with Gasteiger partial charge in [-0.3, -0.25) is 4.52 Å². The Morgan fingerprint density at radius 1 is 1.08 bits per heavy atom. The molecular weight excluding hydrogens is 495 g/mol. The predicted octanol–water partition coefficient (Wildman–Crippen LogP) is 4.14. The van der Waals surface area contributed by atoms with Crippen LogP contribution in [0.25, 0.3) is 11.2 Å². The monoisotopic (exact) mass is 523 g/mol. The molecule has 2 aromatic heterocycles. The number of nitrogens with zero attached hydrogens (tertiary/aromatic N) is 4. The lowest BCUT2D eigenvalue weighted by molar-refractivity contribution is -0.145. The summed E-state index contributed by atoms with van der Waals surface area (Å²) in [6.07, 6.45) is 2.56. The Labute approximate surface area is 214 Å². The molecule has 0 radical (unpaired) electrons. The SMILES string of the molecule is CC(Cn1cnc2c(N)ncnc21)OC[P+](=O)Oc1ccccc1N[C@@H](C)C(=O)OCc1ccccc1. The van der Waals surface area contributed by atoms with Gasteiger partial charge in [-0.05, 0) is 36.1 Å². The summed E-state index contributed by atoms with van der Waals surface area (Å²) in [7, 11) is -2.18. The van der Waals surface area contributed by atoms with Crippen molar-refractivity contribution in [1.82, 2.24) is 19.5 Å². The number of para-hydroxylation sites is 2. The molecule has 0 aliphatic rings. The molecule has 3 N–H and O–H groups in total. The van der Waals surface area contributed by atoms with Crippen molar-refractivity contribution in [3.05, 3.63) is 72.8 Å². The van der Waals surface area contributed by atoms with Crippen molar-refractivity contribution in [3.63, 3.8) is 0 Å². The number of carbonyl (C=O) groups is 1. The van der Waals surface area contributed by atoms with Gasteiger partial charge in [0.25, 0.3) is 6.35 Å². The molecule has 12 heteroatoms. The minimum Gasteiger partial charge on any atom is -0.459 e. The number of imidazole rings is 1. The van der Waals surface area contributed by atoms with Gasteiger partial charge >= 0.3 is 14.0 Å². The Morgan fingerprint density at radius 2 is 1.84 bits per heavy atom. The molecule has 0 spiro atoms. The van der Waals surface area contributed by atoms with Crippen LogP contribution in [-0.2, 0) is 32.0 Å². The third-order valence-corrected chi connectivity index (χ3v) is 6.14.